The predicted octanol–water partition coefficient (Wildman–Crippen LogP) is 2.95. The van der Waals surface area contributed by atoms with Gasteiger partial charge in [-0.3, -0.25) is 0 Å². The number of aromatic nitrogens is 3. The smallest absolute Gasteiger partial charge is 0.215 e. The normalized spacial score (nSPS) is 29.2. The summed E-state index contributed by atoms with van der Waals surface area (Å²) < 4.78 is 5.14. The molecule has 3 atom stereocenters. The molecule has 100 valence electrons. The van der Waals surface area contributed by atoms with Crippen LogP contribution in [0, 0.1) is 17.8 Å². The Morgan fingerprint density at radius 3 is 2.95 bits per heavy atom. The first-order valence-electron chi connectivity index (χ1n) is 7.21. The molecule has 2 heterocycles. The lowest BCUT2D eigenvalue weighted by Gasteiger charge is -2.20. The molecule has 0 aromatic carbocycles. The van der Waals surface area contributed by atoms with Crippen LogP contribution in [0.2, 0.25) is 0 Å². The van der Waals surface area contributed by atoms with Crippen LogP contribution in [0.25, 0.3) is 11.2 Å². The van der Waals surface area contributed by atoms with Gasteiger partial charge in [0.1, 0.15) is 5.82 Å². The van der Waals surface area contributed by atoms with Gasteiger partial charge in [-0.2, -0.15) is 4.98 Å². The van der Waals surface area contributed by atoms with Crippen LogP contribution < -0.4 is 4.74 Å². The van der Waals surface area contributed by atoms with Crippen LogP contribution in [0.5, 0.6) is 5.88 Å². The summed E-state index contributed by atoms with van der Waals surface area (Å²) in [7, 11) is 1.64. The zero-order valence-electron chi connectivity index (χ0n) is 11.2. The van der Waals surface area contributed by atoms with Gasteiger partial charge >= 0.3 is 0 Å². The second kappa shape index (κ2) is 4.22. The highest BCUT2D eigenvalue weighted by molar-refractivity contribution is 5.71. The van der Waals surface area contributed by atoms with E-state index in [1.54, 1.807) is 7.11 Å². The first-order chi connectivity index (χ1) is 9.31. The number of nitrogens with zero attached hydrogens (tertiary/aromatic N) is 2. The van der Waals surface area contributed by atoms with Gasteiger partial charge in [0.2, 0.25) is 5.88 Å². The summed E-state index contributed by atoms with van der Waals surface area (Å²) in [5.41, 5.74) is 1.79. The number of nitrogens with one attached hydrogen (secondary N) is 1. The highest BCUT2D eigenvalue weighted by atomic mass is 16.5. The highest BCUT2D eigenvalue weighted by Crippen LogP contribution is 2.49. The van der Waals surface area contributed by atoms with Gasteiger partial charge in [-0.15, -0.1) is 0 Å². The second-order valence-electron chi connectivity index (χ2n) is 6.05. The SMILES string of the molecule is COc1ccc2[nH]c(CC3CC4CCC3C4)nc2n1. The summed E-state index contributed by atoms with van der Waals surface area (Å²) in [6.45, 7) is 0. The molecule has 2 aliphatic rings. The van der Waals surface area contributed by atoms with Crippen molar-refractivity contribution < 1.29 is 4.74 Å². The number of methoxy groups -OCH3 is 1. The van der Waals surface area contributed by atoms with E-state index in [4.69, 9.17) is 4.74 Å². The Kier molecular flexibility index (Phi) is 2.50. The van der Waals surface area contributed by atoms with Crippen molar-refractivity contribution in [3.05, 3.63) is 18.0 Å². The molecule has 2 bridgehead atoms. The molecule has 1 N–H and O–H groups in total. The minimum Gasteiger partial charge on any atom is -0.481 e. The van der Waals surface area contributed by atoms with Crippen LogP contribution in [0.3, 0.4) is 0 Å². The average molecular weight is 257 g/mol. The molecular weight excluding hydrogens is 238 g/mol. The van der Waals surface area contributed by atoms with Crippen molar-refractivity contribution in [3.8, 4) is 5.88 Å². The summed E-state index contributed by atoms with van der Waals surface area (Å²) in [6, 6.07) is 3.88. The van der Waals surface area contributed by atoms with E-state index < -0.39 is 0 Å². The molecule has 4 heteroatoms. The van der Waals surface area contributed by atoms with Crippen molar-refractivity contribution in [1.29, 1.82) is 0 Å². The number of hydrogen-bond donors (Lipinski definition) is 1. The topological polar surface area (TPSA) is 50.8 Å². The molecule has 4 rings (SSSR count). The Balaban J connectivity index is 1.58. The first kappa shape index (κ1) is 11.3. The molecule has 2 aromatic heterocycles. The molecule has 0 spiro atoms. The van der Waals surface area contributed by atoms with Gasteiger partial charge in [0.05, 0.1) is 12.6 Å². The summed E-state index contributed by atoms with van der Waals surface area (Å²) in [5, 5.41) is 0. The van der Waals surface area contributed by atoms with Gasteiger partial charge in [0, 0.05) is 12.5 Å². The first-order valence-corrected chi connectivity index (χ1v) is 7.21. The minimum absolute atomic E-state index is 0.630. The van der Waals surface area contributed by atoms with Crippen molar-refractivity contribution in [1.82, 2.24) is 15.0 Å². The molecule has 2 saturated carbocycles. The summed E-state index contributed by atoms with van der Waals surface area (Å²) in [5.74, 6) is 4.50. The third-order valence-corrected chi connectivity index (χ3v) is 4.92. The Morgan fingerprint density at radius 2 is 2.21 bits per heavy atom. The Bertz CT molecular complexity index is 606. The van der Waals surface area contributed by atoms with E-state index in [9.17, 15) is 0 Å². The number of aromatic amines is 1. The Morgan fingerprint density at radius 1 is 1.26 bits per heavy atom. The molecule has 0 saturated heterocycles. The van der Waals surface area contributed by atoms with Crippen molar-refractivity contribution in [2.24, 2.45) is 17.8 Å². The fourth-order valence-corrected chi connectivity index (χ4v) is 4.01. The van der Waals surface area contributed by atoms with Gasteiger partial charge in [-0.1, -0.05) is 6.42 Å². The zero-order valence-corrected chi connectivity index (χ0v) is 11.2. The lowest BCUT2D eigenvalue weighted by Crippen LogP contribution is -2.13. The van der Waals surface area contributed by atoms with E-state index in [2.05, 4.69) is 15.0 Å². The number of imidazole rings is 1. The molecule has 2 aliphatic carbocycles. The number of hydrogen-bond acceptors (Lipinski definition) is 3. The fourth-order valence-electron chi connectivity index (χ4n) is 4.01. The van der Waals surface area contributed by atoms with Crippen molar-refractivity contribution in [3.63, 3.8) is 0 Å². The average Bonchev–Trinajstić information content (AvgIpc) is 3.11. The molecule has 0 amide bonds. The van der Waals surface area contributed by atoms with Crippen LogP contribution >= 0.6 is 0 Å². The van der Waals surface area contributed by atoms with Crippen LogP contribution in [-0.2, 0) is 6.42 Å². The van der Waals surface area contributed by atoms with Gasteiger partial charge in [0.25, 0.3) is 0 Å². The summed E-state index contributed by atoms with van der Waals surface area (Å²) in [4.78, 5) is 12.4. The fraction of sp³-hybridized carbons (Fsp3) is 0.600. The lowest BCUT2D eigenvalue weighted by molar-refractivity contribution is 0.327. The molecular formula is C15H19N3O. The van der Waals surface area contributed by atoms with Crippen LogP contribution in [0.15, 0.2) is 12.1 Å². The van der Waals surface area contributed by atoms with E-state index in [0.29, 0.717) is 5.88 Å². The van der Waals surface area contributed by atoms with Crippen LogP contribution in [0.4, 0.5) is 0 Å². The van der Waals surface area contributed by atoms with Crippen molar-refractivity contribution in [2.75, 3.05) is 7.11 Å². The lowest BCUT2D eigenvalue weighted by atomic mass is 9.86. The van der Waals surface area contributed by atoms with Gasteiger partial charge in [0.15, 0.2) is 5.65 Å². The Labute approximate surface area is 112 Å². The zero-order chi connectivity index (χ0) is 12.8. The van der Waals surface area contributed by atoms with E-state index in [0.717, 1.165) is 41.2 Å². The number of H-pyrrole nitrogens is 1. The maximum Gasteiger partial charge on any atom is 0.215 e. The van der Waals surface area contributed by atoms with E-state index >= 15 is 0 Å². The third kappa shape index (κ3) is 1.90. The van der Waals surface area contributed by atoms with Gasteiger partial charge < -0.3 is 9.72 Å². The number of fused-ring (bicyclic) bond motifs is 3. The molecule has 0 radical (unpaired) electrons. The molecule has 2 fully saturated rings. The largest absolute Gasteiger partial charge is 0.481 e. The van der Waals surface area contributed by atoms with Crippen molar-refractivity contribution >= 4 is 11.2 Å². The van der Waals surface area contributed by atoms with E-state index in [-0.39, 0.29) is 0 Å². The molecule has 0 aliphatic heterocycles. The monoisotopic (exact) mass is 257 g/mol. The van der Waals surface area contributed by atoms with E-state index in [1.165, 1.54) is 25.7 Å². The van der Waals surface area contributed by atoms with Crippen LogP contribution in [-0.4, -0.2) is 22.1 Å². The van der Waals surface area contributed by atoms with Crippen molar-refractivity contribution in [2.45, 2.75) is 32.1 Å². The Hall–Kier alpha value is -1.58. The van der Waals surface area contributed by atoms with Gasteiger partial charge in [-0.05, 0) is 43.1 Å². The molecule has 3 unspecified atom stereocenters. The number of rotatable bonds is 3. The predicted molar refractivity (Wildman–Crippen MR) is 73.1 cm³/mol. The number of ether oxygens (including phenoxy) is 1. The minimum atomic E-state index is 0.630. The van der Waals surface area contributed by atoms with E-state index in [1.807, 2.05) is 12.1 Å². The second-order valence-corrected chi connectivity index (χ2v) is 6.05. The van der Waals surface area contributed by atoms with Crippen LogP contribution in [0.1, 0.15) is 31.5 Å². The van der Waals surface area contributed by atoms with Gasteiger partial charge in [-0.25, -0.2) is 4.98 Å². The number of pyridine rings is 1. The maximum atomic E-state index is 5.14. The third-order valence-electron chi connectivity index (χ3n) is 4.92. The molecule has 2 aromatic rings. The maximum absolute atomic E-state index is 5.14. The summed E-state index contributed by atoms with van der Waals surface area (Å²) >= 11 is 0. The molecule has 19 heavy (non-hydrogen) atoms. The summed E-state index contributed by atoms with van der Waals surface area (Å²) in [6.07, 6.45) is 6.83. The molecule has 4 nitrogen and oxygen atoms in total. The standard InChI is InChI=1S/C15H19N3O/c1-19-14-5-4-12-15(18-14)17-13(16-12)8-11-7-9-2-3-10(11)6-9/h4-5,9-11H,2-3,6-8H2,1H3,(H,16,17,18). The highest BCUT2D eigenvalue weighted by Gasteiger charge is 2.39. The quantitative estimate of drug-likeness (QED) is 0.919.